The van der Waals surface area contributed by atoms with Gasteiger partial charge in [0.05, 0.1) is 3.79 Å². The molecule has 0 aliphatic heterocycles. The van der Waals surface area contributed by atoms with Crippen molar-refractivity contribution in [2.45, 2.75) is 11.7 Å². The van der Waals surface area contributed by atoms with Gasteiger partial charge in [0.25, 0.3) is 11.8 Å². The summed E-state index contributed by atoms with van der Waals surface area (Å²) < 4.78 is 24.1. The number of carbonyl (C=O) groups excluding carboxylic acids is 2. The number of rotatable bonds is 7. The Morgan fingerprint density at radius 2 is 1.85 bits per heavy atom. The molecule has 0 saturated heterocycles. The van der Waals surface area contributed by atoms with Gasteiger partial charge in [0.2, 0.25) is 0 Å². The lowest BCUT2D eigenvalue weighted by molar-refractivity contribution is -0.128. The Kier molecular flexibility index (Phi) is 6.93. The molecule has 1 heterocycles. The van der Waals surface area contributed by atoms with E-state index in [1.165, 1.54) is 5.48 Å². The van der Waals surface area contributed by atoms with E-state index in [0.717, 1.165) is 20.5 Å². The molecule has 1 unspecified atom stereocenters. The minimum atomic E-state index is -3.70. The van der Waals surface area contributed by atoms with Crippen molar-refractivity contribution in [3.8, 4) is 10.4 Å². The predicted octanol–water partition coefficient (Wildman–Crippen LogP) is 2.22. The molecule has 2 amide bonds. The Morgan fingerprint density at radius 1 is 1.19 bits per heavy atom. The highest BCUT2D eigenvalue weighted by atomic mass is 79.9. The van der Waals surface area contributed by atoms with Gasteiger partial charge in [-0.3, -0.25) is 14.8 Å². The Balaban J connectivity index is 1.96. The fourth-order valence-corrected chi connectivity index (χ4v) is 4.66. The van der Waals surface area contributed by atoms with Crippen LogP contribution < -0.4 is 10.8 Å². The third-order valence-electron chi connectivity index (χ3n) is 3.62. The zero-order valence-electron chi connectivity index (χ0n) is 13.7. The summed E-state index contributed by atoms with van der Waals surface area (Å²) in [6.45, 7) is -0.0242. The van der Waals surface area contributed by atoms with Crippen molar-refractivity contribution in [1.29, 1.82) is 0 Å². The molecule has 0 spiro atoms. The summed E-state index contributed by atoms with van der Waals surface area (Å²) in [7, 11) is -3.70. The van der Waals surface area contributed by atoms with Gasteiger partial charge in [-0.2, -0.15) is 0 Å². The molecule has 0 bridgehead atoms. The van der Waals surface area contributed by atoms with Crippen LogP contribution in [0.25, 0.3) is 10.4 Å². The molecule has 1 aromatic heterocycles. The van der Waals surface area contributed by atoms with Crippen molar-refractivity contribution in [3.05, 3.63) is 45.7 Å². The molecule has 0 aliphatic rings. The van der Waals surface area contributed by atoms with Gasteiger partial charge >= 0.3 is 0 Å². The second-order valence-corrected chi connectivity index (χ2v) is 10.2. The maximum Gasteiger partial charge on any atom is 0.261 e. The van der Waals surface area contributed by atoms with E-state index >= 15 is 0 Å². The first kappa shape index (κ1) is 20.6. The number of amides is 2. The first-order valence-corrected chi connectivity index (χ1v) is 11.1. The van der Waals surface area contributed by atoms with Crippen LogP contribution in [0.2, 0.25) is 0 Å². The molecule has 0 saturated carbocycles. The standard InChI is InChI=1S/C16H17BrN2O5S2/c1-26(23,24)13(16(21)19-22)8-9-18-15(20)11-4-2-10(3-5-11)12-6-7-14(17)25-12/h2-7,13,22H,8-9H2,1H3,(H,18,20)(H,19,21). The Hall–Kier alpha value is -1.75. The van der Waals surface area contributed by atoms with Crippen molar-refractivity contribution in [2.24, 2.45) is 0 Å². The van der Waals surface area contributed by atoms with Crippen molar-refractivity contribution >= 4 is 48.9 Å². The maximum absolute atomic E-state index is 12.2. The molecule has 10 heteroatoms. The van der Waals surface area contributed by atoms with Gasteiger partial charge in [-0.25, -0.2) is 13.9 Å². The Labute approximate surface area is 163 Å². The molecule has 140 valence electrons. The normalized spacial score (nSPS) is 12.4. The Bertz CT molecular complexity index is 894. The number of hydrogen-bond donors (Lipinski definition) is 3. The van der Waals surface area contributed by atoms with Crippen LogP contribution in [0.3, 0.4) is 0 Å². The molecule has 3 N–H and O–H groups in total. The van der Waals surface area contributed by atoms with Crippen LogP contribution >= 0.6 is 27.3 Å². The number of halogens is 1. The molecule has 2 rings (SSSR count). The SMILES string of the molecule is CS(=O)(=O)C(CCNC(=O)c1ccc(-c2ccc(Br)s2)cc1)C(=O)NO. The molecule has 26 heavy (non-hydrogen) atoms. The van der Waals surface area contributed by atoms with Crippen LogP contribution in [-0.4, -0.2) is 43.5 Å². The van der Waals surface area contributed by atoms with E-state index < -0.39 is 21.0 Å². The zero-order chi connectivity index (χ0) is 19.3. The summed E-state index contributed by atoms with van der Waals surface area (Å²) >= 11 is 4.98. The molecule has 7 nitrogen and oxygen atoms in total. The average molecular weight is 461 g/mol. The fourth-order valence-electron chi connectivity index (χ4n) is 2.29. The van der Waals surface area contributed by atoms with Crippen LogP contribution in [0.1, 0.15) is 16.8 Å². The molecule has 0 aliphatic carbocycles. The molecular formula is C16H17BrN2O5S2. The quantitative estimate of drug-likeness (QED) is 0.433. The van der Waals surface area contributed by atoms with Crippen LogP contribution in [0.15, 0.2) is 40.2 Å². The van der Waals surface area contributed by atoms with E-state index in [9.17, 15) is 18.0 Å². The van der Waals surface area contributed by atoms with E-state index in [-0.39, 0.29) is 18.9 Å². The fraction of sp³-hybridized carbons (Fsp3) is 0.250. The van der Waals surface area contributed by atoms with Gasteiger partial charge in [-0.05, 0) is 52.2 Å². The summed E-state index contributed by atoms with van der Waals surface area (Å²) in [6.07, 6.45) is 0.759. The van der Waals surface area contributed by atoms with E-state index in [2.05, 4.69) is 21.2 Å². The van der Waals surface area contributed by atoms with Crippen LogP contribution in [0.5, 0.6) is 0 Å². The monoisotopic (exact) mass is 460 g/mol. The number of hydrogen-bond acceptors (Lipinski definition) is 6. The lowest BCUT2D eigenvalue weighted by atomic mass is 10.1. The van der Waals surface area contributed by atoms with Gasteiger partial charge in [0.1, 0.15) is 5.25 Å². The summed E-state index contributed by atoms with van der Waals surface area (Å²) in [5.41, 5.74) is 2.74. The zero-order valence-corrected chi connectivity index (χ0v) is 16.9. The third kappa shape index (κ3) is 5.37. The van der Waals surface area contributed by atoms with Crippen LogP contribution in [0.4, 0.5) is 0 Å². The minimum Gasteiger partial charge on any atom is -0.352 e. The average Bonchev–Trinajstić information content (AvgIpc) is 3.03. The van der Waals surface area contributed by atoms with E-state index in [0.29, 0.717) is 5.56 Å². The lowest BCUT2D eigenvalue weighted by Gasteiger charge is -2.13. The summed E-state index contributed by atoms with van der Waals surface area (Å²) in [4.78, 5) is 24.6. The molecule has 0 fully saturated rings. The number of nitrogens with one attached hydrogen (secondary N) is 2. The van der Waals surface area contributed by atoms with Crippen molar-refractivity contribution in [3.63, 3.8) is 0 Å². The molecule has 1 aromatic carbocycles. The van der Waals surface area contributed by atoms with Gasteiger partial charge in [0.15, 0.2) is 9.84 Å². The van der Waals surface area contributed by atoms with Crippen molar-refractivity contribution < 1.29 is 23.2 Å². The molecule has 2 aromatic rings. The number of carbonyl (C=O) groups is 2. The second-order valence-electron chi connectivity index (χ2n) is 5.52. The van der Waals surface area contributed by atoms with Gasteiger partial charge in [-0.15, -0.1) is 11.3 Å². The largest absolute Gasteiger partial charge is 0.352 e. The smallest absolute Gasteiger partial charge is 0.261 e. The molecule has 1 atom stereocenters. The first-order valence-electron chi connectivity index (χ1n) is 7.49. The predicted molar refractivity (Wildman–Crippen MR) is 103 cm³/mol. The van der Waals surface area contributed by atoms with Crippen LogP contribution in [-0.2, 0) is 14.6 Å². The second kappa shape index (κ2) is 8.76. The van der Waals surface area contributed by atoms with Crippen molar-refractivity contribution in [1.82, 2.24) is 10.8 Å². The highest BCUT2D eigenvalue weighted by Gasteiger charge is 2.28. The highest BCUT2D eigenvalue weighted by molar-refractivity contribution is 9.11. The van der Waals surface area contributed by atoms with E-state index in [1.807, 2.05) is 24.3 Å². The summed E-state index contributed by atoms with van der Waals surface area (Å²) in [6, 6.07) is 10.9. The highest BCUT2D eigenvalue weighted by Crippen LogP contribution is 2.31. The number of hydroxylamine groups is 1. The van der Waals surface area contributed by atoms with Crippen LogP contribution in [0, 0.1) is 0 Å². The molecule has 0 radical (unpaired) electrons. The van der Waals surface area contributed by atoms with Crippen molar-refractivity contribution in [2.75, 3.05) is 12.8 Å². The third-order valence-corrected chi connectivity index (χ3v) is 6.77. The van der Waals surface area contributed by atoms with Gasteiger partial charge in [-0.1, -0.05) is 12.1 Å². The first-order chi connectivity index (χ1) is 12.2. The van der Waals surface area contributed by atoms with Gasteiger partial charge in [0, 0.05) is 23.2 Å². The number of benzene rings is 1. The lowest BCUT2D eigenvalue weighted by Crippen LogP contribution is -2.40. The summed E-state index contributed by atoms with van der Waals surface area (Å²) in [5, 5.41) is 9.77. The molecular weight excluding hydrogens is 444 g/mol. The van der Waals surface area contributed by atoms with E-state index in [4.69, 9.17) is 5.21 Å². The van der Waals surface area contributed by atoms with E-state index in [1.54, 1.807) is 23.5 Å². The van der Waals surface area contributed by atoms with Gasteiger partial charge < -0.3 is 5.32 Å². The Morgan fingerprint density at radius 3 is 2.35 bits per heavy atom. The maximum atomic E-state index is 12.2. The minimum absolute atomic E-state index is 0.0242. The number of sulfone groups is 1. The summed E-state index contributed by atoms with van der Waals surface area (Å²) in [5.74, 6) is -1.39. The number of thiophene rings is 1. The topological polar surface area (TPSA) is 113 Å².